The second-order valence-electron chi connectivity index (χ2n) is 5.20. The van der Waals surface area contributed by atoms with Crippen molar-refractivity contribution in [3.63, 3.8) is 0 Å². The Kier molecular flexibility index (Phi) is 3.91. The summed E-state index contributed by atoms with van der Waals surface area (Å²) in [5.74, 6) is 7.42. The van der Waals surface area contributed by atoms with Crippen LogP contribution in [0, 0.1) is 5.92 Å². The van der Waals surface area contributed by atoms with E-state index in [4.69, 9.17) is 5.84 Å². The molecule has 0 aliphatic heterocycles. The molecule has 9 nitrogen and oxygen atoms in total. The number of hydrogen-bond acceptors (Lipinski definition) is 8. The van der Waals surface area contributed by atoms with Gasteiger partial charge < -0.3 is 5.32 Å². The van der Waals surface area contributed by atoms with Gasteiger partial charge in [-0.15, -0.1) is 0 Å². The molecule has 2 heterocycles. The number of anilines is 2. The first kappa shape index (κ1) is 13.7. The van der Waals surface area contributed by atoms with Crippen LogP contribution in [0.5, 0.6) is 0 Å². The highest BCUT2D eigenvalue weighted by Crippen LogP contribution is 2.34. The first-order chi connectivity index (χ1) is 10.3. The zero-order chi connectivity index (χ0) is 14.7. The van der Waals surface area contributed by atoms with E-state index in [1.807, 2.05) is 0 Å². The Balaban J connectivity index is 1.81. The first-order valence-corrected chi connectivity index (χ1v) is 7.12. The molecule has 0 amide bonds. The number of aromatic nitrogens is 6. The van der Waals surface area contributed by atoms with Crippen molar-refractivity contribution in [1.29, 1.82) is 0 Å². The fourth-order valence-electron chi connectivity index (χ4n) is 2.17. The summed E-state index contributed by atoms with van der Waals surface area (Å²) in [5, 5.41) is 7.37. The molecule has 1 aliphatic carbocycles. The molecule has 21 heavy (non-hydrogen) atoms. The van der Waals surface area contributed by atoms with Crippen molar-refractivity contribution in [2.24, 2.45) is 11.8 Å². The van der Waals surface area contributed by atoms with Crippen LogP contribution in [-0.4, -0.2) is 35.8 Å². The van der Waals surface area contributed by atoms with Gasteiger partial charge in [0.25, 0.3) is 5.95 Å². The van der Waals surface area contributed by atoms with Gasteiger partial charge in [0.05, 0.1) is 0 Å². The normalized spacial score (nSPS) is 15.7. The van der Waals surface area contributed by atoms with Crippen LogP contribution >= 0.6 is 0 Å². The number of nitrogens with zero attached hydrogens (tertiary/aromatic N) is 6. The van der Waals surface area contributed by atoms with E-state index >= 15 is 0 Å². The molecule has 0 spiro atoms. The zero-order valence-electron chi connectivity index (χ0n) is 11.9. The minimum absolute atomic E-state index is 0.291. The van der Waals surface area contributed by atoms with E-state index < -0.39 is 0 Å². The number of rotatable bonds is 7. The van der Waals surface area contributed by atoms with Crippen molar-refractivity contribution in [1.82, 2.24) is 29.7 Å². The smallest absolute Gasteiger partial charge is 0.258 e. The van der Waals surface area contributed by atoms with Gasteiger partial charge in [0, 0.05) is 6.04 Å². The van der Waals surface area contributed by atoms with E-state index in [0.717, 1.165) is 18.8 Å². The van der Waals surface area contributed by atoms with Crippen LogP contribution in [0.3, 0.4) is 0 Å². The summed E-state index contributed by atoms with van der Waals surface area (Å²) in [6.07, 6.45) is 7.78. The molecule has 9 heteroatoms. The van der Waals surface area contributed by atoms with Gasteiger partial charge in [-0.2, -0.15) is 24.7 Å². The highest BCUT2D eigenvalue weighted by atomic mass is 15.4. The molecule has 1 fully saturated rings. The average molecular weight is 289 g/mol. The summed E-state index contributed by atoms with van der Waals surface area (Å²) in [5.41, 5.74) is 2.45. The maximum absolute atomic E-state index is 5.42. The second-order valence-corrected chi connectivity index (χ2v) is 5.20. The fraction of sp³-hybridized carbons (Fsp3) is 0.583. The topological polar surface area (TPSA) is 119 Å². The lowest BCUT2D eigenvalue weighted by Crippen LogP contribution is -2.23. The molecule has 1 aliphatic rings. The molecule has 0 saturated heterocycles. The lowest BCUT2D eigenvalue weighted by molar-refractivity contribution is 0.582. The Labute approximate surface area is 122 Å². The van der Waals surface area contributed by atoms with Gasteiger partial charge in [-0.05, 0) is 18.8 Å². The third-order valence-electron chi connectivity index (χ3n) is 3.52. The van der Waals surface area contributed by atoms with Gasteiger partial charge in [0.15, 0.2) is 0 Å². The average Bonchev–Trinajstić information content (AvgIpc) is 3.15. The predicted molar refractivity (Wildman–Crippen MR) is 77.6 cm³/mol. The minimum atomic E-state index is 0.291. The molecule has 4 N–H and O–H groups in total. The van der Waals surface area contributed by atoms with E-state index in [-0.39, 0.29) is 0 Å². The summed E-state index contributed by atoms with van der Waals surface area (Å²) in [6, 6.07) is 0.356. The number of hydrazine groups is 1. The first-order valence-electron chi connectivity index (χ1n) is 7.12. The van der Waals surface area contributed by atoms with Crippen LogP contribution in [0.4, 0.5) is 11.9 Å². The molecule has 0 bridgehead atoms. The molecule has 1 unspecified atom stereocenters. The minimum Gasteiger partial charge on any atom is -0.351 e. The van der Waals surface area contributed by atoms with Crippen LogP contribution in [0.15, 0.2) is 12.7 Å². The fourth-order valence-corrected chi connectivity index (χ4v) is 2.17. The molecule has 1 saturated carbocycles. The van der Waals surface area contributed by atoms with Gasteiger partial charge in [-0.25, -0.2) is 10.8 Å². The lowest BCUT2D eigenvalue weighted by atomic mass is 10.1. The third-order valence-corrected chi connectivity index (χ3v) is 3.52. The molecule has 0 radical (unpaired) electrons. The van der Waals surface area contributed by atoms with Gasteiger partial charge in [0.1, 0.15) is 12.7 Å². The molecule has 112 valence electrons. The molecular formula is C12H19N9. The summed E-state index contributed by atoms with van der Waals surface area (Å²) < 4.78 is 1.47. The van der Waals surface area contributed by atoms with E-state index in [9.17, 15) is 0 Å². The predicted octanol–water partition coefficient (Wildman–Crippen LogP) is 0.728. The van der Waals surface area contributed by atoms with Crippen molar-refractivity contribution in [3.8, 4) is 5.95 Å². The Bertz CT molecular complexity index is 578. The van der Waals surface area contributed by atoms with Crippen molar-refractivity contribution >= 4 is 11.9 Å². The van der Waals surface area contributed by atoms with E-state index in [0.29, 0.717) is 23.9 Å². The largest absolute Gasteiger partial charge is 0.351 e. The monoisotopic (exact) mass is 289 g/mol. The quantitative estimate of drug-likeness (QED) is 0.504. The highest BCUT2D eigenvalue weighted by Gasteiger charge is 2.25. The standard InChI is InChI=1S/C12H19N9/c1-2-9(5-8-3-4-8)16-10-17-11(20-13)19-12(18-10)21-7-14-6-15-21/h6-9H,2-5,13H2,1H3,(H2,16,17,18,19,20). The zero-order valence-corrected chi connectivity index (χ0v) is 11.9. The molecule has 1 atom stereocenters. The van der Waals surface area contributed by atoms with Crippen molar-refractivity contribution in [2.45, 2.75) is 38.6 Å². The number of nitrogens with one attached hydrogen (secondary N) is 2. The van der Waals surface area contributed by atoms with Crippen LogP contribution in [0.1, 0.15) is 32.6 Å². The highest BCUT2D eigenvalue weighted by molar-refractivity contribution is 5.37. The maximum atomic E-state index is 5.42. The van der Waals surface area contributed by atoms with Crippen LogP contribution in [0.2, 0.25) is 0 Å². The molecular weight excluding hydrogens is 270 g/mol. The van der Waals surface area contributed by atoms with Crippen LogP contribution < -0.4 is 16.6 Å². The van der Waals surface area contributed by atoms with Gasteiger partial charge in [0.2, 0.25) is 11.9 Å². The Hall–Kier alpha value is -2.29. The number of hydrogen-bond donors (Lipinski definition) is 3. The van der Waals surface area contributed by atoms with Crippen LogP contribution in [-0.2, 0) is 0 Å². The second kappa shape index (κ2) is 6.00. The molecule has 2 aromatic heterocycles. The van der Waals surface area contributed by atoms with Crippen molar-refractivity contribution in [3.05, 3.63) is 12.7 Å². The van der Waals surface area contributed by atoms with E-state index in [2.05, 4.69) is 42.7 Å². The molecule has 2 aromatic rings. The summed E-state index contributed by atoms with van der Waals surface area (Å²) in [4.78, 5) is 16.7. The number of nitrogens with two attached hydrogens (primary N) is 1. The summed E-state index contributed by atoms with van der Waals surface area (Å²) in [6.45, 7) is 2.15. The Morgan fingerprint density at radius 3 is 2.76 bits per heavy atom. The van der Waals surface area contributed by atoms with Crippen molar-refractivity contribution < 1.29 is 0 Å². The summed E-state index contributed by atoms with van der Waals surface area (Å²) in [7, 11) is 0. The van der Waals surface area contributed by atoms with Gasteiger partial charge in [-0.1, -0.05) is 19.8 Å². The van der Waals surface area contributed by atoms with Gasteiger partial charge >= 0.3 is 0 Å². The van der Waals surface area contributed by atoms with Gasteiger partial charge in [-0.3, -0.25) is 5.43 Å². The lowest BCUT2D eigenvalue weighted by Gasteiger charge is -2.17. The molecule has 3 rings (SSSR count). The third kappa shape index (κ3) is 3.43. The SMILES string of the molecule is CCC(CC1CC1)Nc1nc(NN)nc(-n2cncn2)n1. The number of nitrogen functional groups attached to an aromatic ring is 1. The summed E-state index contributed by atoms with van der Waals surface area (Å²) >= 11 is 0. The maximum Gasteiger partial charge on any atom is 0.258 e. The molecule has 0 aromatic carbocycles. The van der Waals surface area contributed by atoms with Crippen LogP contribution in [0.25, 0.3) is 5.95 Å². The Morgan fingerprint density at radius 2 is 2.14 bits per heavy atom. The van der Waals surface area contributed by atoms with E-state index in [1.165, 1.54) is 30.2 Å². The Morgan fingerprint density at radius 1 is 1.33 bits per heavy atom. The van der Waals surface area contributed by atoms with Crippen molar-refractivity contribution in [2.75, 3.05) is 10.7 Å². The van der Waals surface area contributed by atoms with E-state index in [1.54, 1.807) is 0 Å².